The molecule has 0 aliphatic carbocycles. The normalized spacial score (nSPS) is 10.6. The van der Waals surface area contributed by atoms with Crippen LogP contribution in [0, 0.1) is 32.1 Å². The lowest BCUT2D eigenvalue weighted by Gasteiger charge is -2.15. The molecule has 0 aliphatic heterocycles. The Bertz CT molecular complexity index is 868. The molecule has 0 amide bonds. The van der Waals surface area contributed by atoms with Gasteiger partial charge in [-0.15, -0.1) is 0 Å². The van der Waals surface area contributed by atoms with Crippen molar-refractivity contribution in [1.82, 2.24) is 9.97 Å². The molecule has 0 saturated heterocycles. The van der Waals surface area contributed by atoms with Crippen molar-refractivity contribution in [2.45, 2.75) is 20.8 Å². The van der Waals surface area contributed by atoms with E-state index in [0.29, 0.717) is 5.56 Å². The van der Waals surface area contributed by atoms with Gasteiger partial charge in [-0.3, -0.25) is 4.98 Å². The summed E-state index contributed by atoms with van der Waals surface area (Å²) in [6.45, 7) is 6.11. The highest BCUT2D eigenvalue weighted by molar-refractivity contribution is 5.91. The van der Waals surface area contributed by atoms with Gasteiger partial charge in [0.1, 0.15) is 6.07 Å². The fraction of sp³-hybridized carbons (Fsp3) is 0.176. The molecule has 104 valence electrons. The highest BCUT2D eigenvalue weighted by atomic mass is 14.9. The minimum absolute atomic E-state index is 0.557. The van der Waals surface area contributed by atoms with Gasteiger partial charge in [-0.1, -0.05) is 0 Å². The smallest absolute Gasteiger partial charge is 0.103 e. The van der Waals surface area contributed by atoms with E-state index in [4.69, 9.17) is 0 Å². The molecule has 1 aromatic carbocycles. The van der Waals surface area contributed by atoms with E-state index in [-0.39, 0.29) is 0 Å². The number of H-pyrrole nitrogens is 1. The van der Waals surface area contributed by atoms with Crippen LogP contribution in [-0.4, -0.2) is 9.97 Å². The molecule has 0 atom stereocenters. The van der Waals surface area contributed by atoms with E-state index >= 15 is 0 Å². The molecule has 0 saturated carbocycles. The standard InChI is InChI=1S/C17H16N4/c1-10-6-15(12(3)14-4-5-20-17(10)14)21-16-11(2)8-19-9-13(16)7-18/h4-6,8-9,20H,1-3H3,(H,19,21). The van der Waals surface area contributed by atoms with E-state index in [9.17, 15) is 5.26 Å². The molecule has 0 bridgehead atoms. The summed E-state index contributed by atoms with van der Waals surface area (Å²) >= 11 is 0. The van der Waals surface area contributed by atoms with Gasteiger partial charge in [-0.2, -0.15) is 5.26 Å². The monoisotopic (exact) mass is 276 g/mol. The Morgan fingerprint density at radius 1 is 1.19 bits per heavy atom. The Morgan fingerprint density at radius 3 is 2.76 bits per heavy atom. The lowest BCUT2D eigenvalue weighted by atomic mass is 10.0. The first-order valence-electron chi connectivity index (χ1n) is 6.81. The molecule has 0 radical (unpaired) electrons. The zero-order valence-electron chi connectivity index (χ0n) is 12.3. The molecule has 0 unspecified atom stereocenters. The second-order valence-electron chi connectivity index (χ2n) is 5.25. The first-order chi connectivity index (χ1) is 10.1. The van der Waals surface area contributed by atoms with Crippen LogP contribution < -0.4 is 5.32 Å². The summed E-state index contributed by atoms with van der Waals surface area (Å²) in [4.78, 5) is 7.34. The molecule has 3 rings (SSSR count). The number of nitrogens with zero attached hydrogens (tertiary/aromatic N) is 2. The van der Waals surface area contributed by atoms with Gasteiger partial charge in [-0.05, 0) is 49.6 Å². The van der Waals surface area contributed by atoms with Crippen LogP contribution in [-0.2, 0) is 0 Å². The Kier molecular flexibility index (Phi) is 3.11. The first kappa shape index (κ1) is 13.2. The molecule has 2 N–H and O–H groups in total. The predicted octanol–water partition coefficient (Wildman–Crippen LogP) is 4.10. The van der Waals surface area contributed by atoms with Crippen molar-refractivity contribution in [1.29, 1.82) is 5.26 Å². The number of aryl methyl sites for hydroxylation is 3. The number of pyridine rings is 1. The molecule has 0 aliphatic rings. The molecule has 0 fully saturated rings. The predicted molar refractivity (Wildman–Crippen MR) is 84.7 cm³/mol. The van der Waals surface area contributed by atoms with Crippen molar-refractivity contribution >= 4 is 22.3 Å². The van der Waals surface area contributed by atoms with Crippen LogP contribution in [0.3, 0.4) is 0 Å². The Hall–Kier alpha value is -2.80. The van der Waals surface area contributed by atoms with E-state index < -0.39 is 0 Å². The Morgan fingerprint density at radius 2 is 2.00 bits per heavy atom. The molecular weight excluding hydrogens is 260 g/mol. The fourth-order valence-corrected chi connectivity index (χ4v) is 2.63. The van der Waals surface area contributed by atoms with E-state index in [1.54, 1.807) is 12.4 Å². The number of fused-ring (bicyclic) bond motifs is 1. The second-order valence-corrected chi connectivity index (χ2v) is 5.25. The number of nitrogens with one attached hydrogen (secondary N) is 2. The summed E-state index contributed by atoms with van der Waals surface area (Å²) in [7, 11) is 0. The summed E-state index contributed by atoms with van der Waals surface area (Å²) in [5, 5.41) is 13.9. The van der Waals surface area contributed by atoms with Crippen LogP contribution in [0.15, 0.2) is 30.7 Å². The number of anilines is 2. The van der Waals surface area contributed by atoms with Crippen molar-refractivity contribution < 1.29 is 0 Å². The average Bonchev–Trinajstić information content (AvgIpc) is 2.96. The summed E-state index contributed by atoms with van der Waals surface area (Å²) in [6.07, 6.45) is 5.30. The molecule has 4 nitrogen and oxygen atoms in total. The Labute approximate surface area is 123 Å². The fourth-order valence-electron chi connectivity index (χ4n) is 2.63. The van der Waals surface area contributed by atoms with Crippen LogP contribution in [0.5, 0.6) is 0 Å². The SMILES string of the molecule is Cc1cncc(C#N)c1Nc1cc(C)c2[nH]ccc2c1C. The largest absolute Gasteiger partial charge is 0.361 e. The van der Waals surface area contributed by atoms with E-state index in [1.165, 1.54) is 10.9 Å². The molecule has 3 aromatic rings. The topological polar surface area (TPSA) is 64.5 Å². The number of nitriles is 1. The third-order valence-corrected chi connectivity index (χ3v) is 3.83. The third-order valence-electron chi connectivity index (χ3n) is 3.83. The molecular formula is C17H16N4. The van der Waals surface area contributed by atoms with Crippen LogP contribution in [0.2, 0.25) is 0 Å². The van der Waals surface area contributed by atoms with Gasteiger partial charge >= 0.3 is 0 Å². The van der Waals surface area contributed by atoms with Crippen LogP contribution in [0.1, 0.15) is 22.3 Å². The number of rotatable bonds is 2. The van der Waals surface area contributed by atoms with Gasteiger partial charge < -0.3 is 10.3 Å². The number of aromatic nitrogens is 2. The van der Waals surface area contributed by atoms with Crippen molar-refractivity contribution in [3.05, 3.63) is 53.0 Å². The third kappa shape index (κ3) is 2.13. The number of hydrogen-bond donors (Lipinski definition) is 2. The maximum atomic E-state index is 9.25. The molecule has 0 spiro atoms. The highest BCUT2D eigenvalue weighted by Gasteiger charge is 2.11. The molecule has 4 heteroatoms. The molecule has 21 heavy (non-hydrogen) atoms. The molecule has 2 aromatic heterocycles. The Balaban J connectivity index is 2.15. The van der Waals surface area contributed by atoms with Crippen molar-refractivity contribution in [2.24, 2.45) is 0 Å². The number of benzene rings is 1. The lowest BCUT2D eigenvalue weighted by molar-refractivity contribution is 1.24. The second kappa shape index (κ2) is 4.95. The van der Waals surface area contributed by atoms with Gasteiger partial charge in [0.05, 0.1) is 11.3 Å². The van der Waals surface area contributed by atoms with E-state index in [1.807, 2.05) is 13.1 Å². The van der Waals surface area contributed by atoms with Gasteiger partial charge in [0.15, 0.2) is 0 Å². The summed E-state index contributed by atoms with van der Waals surface area (Å²) in [5.41, 5.74) is 6.85. The van der Waals surface area contributed by atoms with Crippen molar-refractivity contribution in [3.8, 4) is 6.07 Å². The van der Waals surface area contributed by atoms with Gasteiger partial charge in [-0.25, -0.2) is 0 Å². The van der Waals surface area contributed by atoms with Crippen LogP contribution in [0.25, 0.3) is 10.9 Å². The van der Waals surface area contributed by atoms with Crippen LogP contribution in [0.4, 0.5) is 11.4 Å². The maximum absolute atomic E-state index is 9.25. The molecule has 2 heterocycles. The summed E-state index contributed by atoms with van der Waals surface area (Å²) in [5.74, 6) is 0. The van der Waals surface area contributed by atoms with Gasteiger partial charge in [0.25, 0.3) is 0 Å². The summed E-state index contributed by atoms with van der Waals surface area (Å²) < 4.78 is 0. The maximum Gasteiger partial charge on any atom is 0.103 e. The van der Waals surface area contributed by atoms with Crippen molar-refractivity contribution in [2.75, 3.05) is 5.32 Å². The summed E-state index contributed by atoms with van der Waals surface area (Å²) in [6, 6.07) is 6.37. The van der Waals surface area contributed by atoms with E-state index in [0.717, 1.165) is 28.0 Å². The zero-order valence-corrected chi connectivity index (χ0v) is 12.3. The number of aromatic amines is 1. The zero-order chi connectivity index (χ0) is 15.0. The lowest BCUT2D eigenvalue weighted by Crippen LogP contribution is -2.00. The average molecular weight is 276 g/mol. The van der Waals surface area contributed by atoms with E-state index in [2.05, 4.69) is 47.3 Å². The quantitative estimate of drug-likeness (QED) is 0.740. The minimum Gasteiger partial charge on any atom is -0.361 e. The number of hydrogen-bond acceptors (Lipinski definition) is 3. The van der Waals surface area contributed by atoms with Crippen molar-refractivity contribution in [3.63, 3.8) is 0 Å². The first-order valence-corrected chi connectivity index (χ1v) is 6.81. The van der Waals surface area contributed by atoms with Crippen LogP contribution >= 0.6 is 0 Å². The van der Waals surface area contributed by atoms with Gasteiger partial charge in [0, 0.05) is 35.2 Å². The minimum atomic E-state index is 0.557. The van der Waals surface area contributed by atoms with Gasteiger partial charge in [0.2, 0.25) is 0 Å². The highest BCUT2D eigenvalue weighted by Crippen LogP contribution is 2.31.